The number of thiophene rings is 1. The number of pyridine rings is 1. The van der Waals surface area contributed by atoms with E-state index in [1.54, 1.807) is 24.5 Å². The normalized spacial score (nSPS) is 15.7. The summed E-state index contributed by atoms with van der Waals surface area (Å²) in [4.78, 5) is 43.9. The number of fused-ring (bicyclic) bond motifs is 1. The molecule has 0 saturated carbocycles. The molecule has 0 aliphatic carbocycles. The van der Waals surface area contributed by atoms with E-state index in [0.29, 0.717) is 22.0 Å². The zero-order chi connectivity index (χ0) is 22.1. The number of ketones is 1. The van der Waals surface area contributed by atoms with Crippen LogP contribution in [0.3, 0.4) is 0 Å². The summed E-state index contributed by atoms with van der Waals surface area (Å²) in [6.07, 6.45) is 3.19. The number of nitrogens with zero attached hydrogens (tertiary/aromatic N) is 2. The van der Waals surface area contributed by atoms with E-state index in [1.165, 1.54) is 24.1 Å². The fraction of sp³-hybridized carbons (Fsp3) is 0.182. The van der Waals surface area contributed by atoms with E-state index < -0.39 is 29.2 Å². The van der Waals surface area contributed by atoms with Gasteiger partial charge in [0.2, 0.25) is 5.91 Å². The molecule has 1 aliphatic heterocycles. The predicted molar refractivity (Wildman–Crippen MR) is 111 cm³/mol. The maximum atomic E-state index is 13.5. The highest BCUT2D eigenvalue weighted by Gasteiger charge is 2.40. The number of carbonyl (C=O) groups excluding carboxylic acids is 3. The van der Waals surface area contributed by atoms with Gasteiger partial charge >= 0.3 is 0 Å². The lowest BCUT2D eigenvalue weighted by Gasteiger charge is -2.28. The molecule has 3 heterocycles. The number of amides is 2. The van der Waals surface area contributed by atoms with Crippen molar-refractivity contribution in [3.8, 4) is 0 Å². The molecule has 1 unspecified atom stereocenters. The summed E-state index contributed by atoms with van der Waals surface area (Å²) in [5.41, 5.74) is 1.49. The van der Waals surface area contributed by atoms with Gasteiger partial charge in [0.15, 0.2) is 17.4 Å². The number of carbonyl (C=O) groups is 3. The van der Waals surface area contributed by atoms with Crippen molar-refractivity contribution in [1.82, 2.24) is 10.3 Å². The average molecular weight is 441 g/mol. The van der Waals surface area contributed by atoms with Gasteiger partial charge in [-0.3, -0.25) is 19.4 Å². The Balaban J connectivity index is 1.54. The van der Waals surface area contributed by atoms with Gasteiger partial charge in [-0.15, -0.1) is 11.3 Å². The maximum Gasteiger partial charge on any atom is 0.261 e. The van der Waals surface area contributed by atoms with Crippen molar-refractivity contribution in [3.05, 3.63) is 82.0 Å². The van der Waals surface area contributed by atoms with Crippen molar-refractivity contribution in [2.24, 2.45) is 5.92 Å². The third kappa shape index (κ3) is 4.09. The molecule has 158 valence electrons. The SMILES string of the molecule is CN1C(=O)C(Cc2ccc(F)c(F)c2)C(=O)c2cc(C(=O)NCc3ccncc3)sc21. The molecule has 1 atom stereocenters. The van der Waals surface area contributed by atoms with E-state index >= 15 is 0 Å². The molecule has 4 rings (SSSR count). The molecule has 1 aliphatic rings. The first-order valence-corrected chi connectivity index (χ1v) is 10.2. The van der Waals surface area contributed by atoms with Crippen LogP contribution in [0, 0.1) is 17.6 Å². The van der Waals surface area contributed by atoms with Crippen molar-refractivity contribution in [3.63, 3.8) is 0 Å². The van der Waals surface area contributed by atoms with Crippen LogP contribution in [-0.4, -0.2) is 29.6 Å². The van der Waals surface area contributed by atoms with Gasteiger partial charge in [-0.1, -0.05) is 6.07 Å². The molecule has 31 heavy (non-hydrogen) atoms. The van der Waals surface area contributed by atoms with Gasteiger partial charge < -0.3 is 10.2 Å². The Labute approximate surface area is 180 Å². The summed E-state index contributed by atoms with van der Waals surface area (Å²) in [6.45, 7) is 0.297. The predicted octanol–water partition coefficient (Wildman–Crippen LogP) is 3.37. The lowest BCUT2D eigenvalue weighted by Crippen LogP contribution is -2.42. The topological polar surface area (TPSA) is 79.4 Å². The Morgan fingerprint density at radius 2 is 1.84 bits per heavy atom. The number of hydrogen-bond donors (Lipinski definition) is 1. The zero-order valence-electron chi connectivity index (χ0n) is 16.4. The Kier molecular flexibility index (Phi) is 5.60. The second kappa shape index (κ2) is 8.35. The zero-order valence-corrected chi connectivity index (χ0v) is 17.2. The number of nitrogens with one attached hydrogen (secondary N) is 1. The van der Waals surface area contributed by atoms with E-state index in [2.05, 4.69) is 10.3 Å². The molecular weight excluding hydrogens is 424 g/mol. The monoisotopic (exact) mass is 441 g/mol. The van der Waals surface area contributed by atoms with Crippen LogP contribution in [0.1, 0.15) is 31.2 Å². The van der Waals surface area contributed by atoms with Gasteiger partial charge in [0, 0.05) is 26.0 Å². The molecule has 1 aromatic carbocycles. The smallest absolute Gasteiger partial charge is 0.261 e. The summed E-state index contributed by atoms with van der Waals surface area (Å²) < 4.78 is 26.7. The minimum Gasteiger partial charge on any atom is -0.347 e. The third-order valence-electron chi connectivity index (χ3n) is 5.08. The lowest BCUT2D eigenvalue weighted by atomic mass is 9.88. The van der Waals surface area contributed by atoms with Crippen molar-refractivity contribution in [1.29, 1.82) is 0 Å². The van der Waals surface area contributed by atoms with Gasteiger partial charge in [0.1, 0.15) is 10.9 Å². The fourth-order valence-corrected chi connectivity index (χ4v) is 4.45. The second-order valence-corrected chi connectivity index (χ2v) is 8.16. The standard InChI is InChI=1S/C22H17F2N3O3S/c1-27-21(30)14(8-13-2-3-16(23)17(24)9-13)19(28)15-10-18(31-22(15)27)20(29)26-11-12-4-6-25-7-5-12/h2-7,9-10,14H,8,11H2,1H3,(H,26,29). The Morgan fingerprint density at radius 3 is 2.55 bits per heavy atom. The Bertz CT molecular complexity index is 1180. The van der Waals surface area contributed by atoms with Crippen molar-refractivity contribution in [2.45, 2.75) is 13.0 Å². The first kappa shape index (κ1) is 20.8. The van der Waals surface area contributed by atoms with E-state index in [0.717, 1.165) is 29.0 Å². The quantitative estimate of drug-likeness (QED) is 0.616. The minimum absolute atomic E-state index is 0.0575. The van der Waals surface area contributed by atoms with Gasteiger partial charge in [0.05, 0.1) is 10.4 Å². The number of anilines is 1. The van der Waals surface area contributed by atoms with Crippen molar-refractivity contribution >= 4 is 33.9 Å². The summed E-state index contributed by atoms with van der Waals surface area (Å²) >= 11 is 1.06. The molecule has 6 nitrogen and oxygen atoms in total. The van der Waals surface area contributed by atoms with Crippen molar-refractivity contribution in [2.75, 3.05) is 11.9 Å². The second-order valence-electron chi connectivity index (χ2n) is 7.13. The summed E-state index contributed by atoms with van der Waals surface area (Å²) in [5.74, 6) is -4.34. The molecule has 2 amide bonds. The summed E-state index contributed by atoms with van der Waals surface area (Å²) in [5, 5.41) is 3.17. The van der Waals surface area contributed by atoms with Crippen LogP contribution in [0.4, 0.5) is 13.8 Å². The van der Waals surface area contributed by atoms with Crippen molar-refractivity contribution < 1.29 is 23.2 Å². The Morgan fingerprint density at radius 1 is 1.10 bits per heavy atom. The lowest BCUT2D eigenvalue weighted by molar-refractivity contribution is -0.120. The van der Waals surface area contributed by atoms with Crippen LogP contribution < -0.4 is 10.2 Å². The van der Waals surface area contributed by atoms with E-state index in [-0.39, 0.29) is 17.9 Å². The van der Waals surface area contributed by atoms with Crippen LogP contribution in [0.5, 0.6) is 0 Å². The van der Waals surface area contributed by atoms with E-state index in [1.807, 2.05) is 0 Å². The van der Waals surface area contributed by atoms with Gasteiger partial charge in [-0.05, 0) is 47.9 Å². The van der Waals surface area contributed by atoms with Crippen LogP contribution in [0.15, 0.2) is 48.8 Å². The molecule has 1 N–H and O–H groups in total. The molecule has 0 saturated heterocycles. The van der Waals surface area contributed by atoms with E-state index in [4.69, 9.17) is 0 Å². The average Bonchev–Trinajstić information content (AvgIpc) is 3.23. The molecular formula is C22H17F2N3O3S. The number of aromatic nitrogens is 1. The molecule has 0 radical (unpaired) electrons. The highest BCUT2D eigenvalue weighted by atomic mass is 32.1. The van der Waals surface area contributed by atoms with Crippen LogP contribution >= 0.6 is 11.3 Å². The van der Waals surface area contributed by atoms with Crippen LogP contribution in [0.25, 0.3) is 0 Å². The first-order chi connectivity index (χ1) is 14.8. The number of halogens is 2. The van der Waals surface area contributed by atoms with Gasteiger partial charge in [-0.2, -0.15) is 0 Å². The largest absolute Gasteiger partial charge is 0.347 e. The maximum absolute atomic E-state index is 13.5. The van der Waals surface area contributed by atoms with E-state index in [9.17, 15) is 23.2 Å². The molecule has 3 aromatic rings. The number of rotatable bonds is 5. The number of hydrogen-bond acceptors (Lipinski definition) is 5. The molecule has 0 spiro atoms. The number of benzene rings is 1. The minimum atomic E-state index is -1.07. The highest BCUT2D eigenvalue weighted by molar-refractivity contribution is 7.18. The van der Waals surface area contributed by atoms with Gasteiger partial charge in [-0.25, -0.2) is 8.78 Å². The van der Waals surface area contributed by atoms with Crippen LogP contribution in [0.2, 0.25) is 0 Å². The van der Waals surface area contributed by atoms with Crippen LogP contribution in [-0.2, 0) is 17.8 Å². The fourth-order valence-electron chi connectivity index (χ4n) is 3.41. The van der Waals surface area contributed by atoms with Gasteiger partial charge in [0.25, 0.3) is 5.91 Å². The number of Topliss-reactive ketones (excluding diaryl/α,β-unsaturated/α-hetero) is 1. The Hall–Kier alpha value is -3.46. The summed E-state index contributed by atoms with van der Waals surface area (Å²) in [6, 6.07) is 8.33. The molecule has 9 heteroatoms. The highest BCUT2D eigenvalue weighted by Crippen LogP contribution is 2.38. The molecule has 0 fully saturated rings. The summed E-state index contributed by atoms with van der Waals surface area (Å²) in [7, 11) is 1.53. The molecule has 0 bridgehead atoms. The molecule has 2 aromatic heterocycles. The first-order valence-electron chi connectivity index (χ1n) is 9.42. The third-order valence-corrected chi connectivity index (χ3v) is 6.29.